The van der Waals surface area contributed by atoms with Crippen molar-refractivity contribution in [2.24, 2.45) is 11.3 Å². The summed E-state index contributed by atoms with van der Waals surface area (Å²) in [6.45, 7) is 6.40. The molecular weight excluding hydrogens is 302 g/mol. The fraction of sp³-hybridized carbons (Fsp3) is 0.562. The molecule has 6 heteroatoms. The van der Waals surface area contributed by atoms with Gasteiger partial charge in [0.1, 0.15) is 11.3 Å². The van der Waals surface area contributed by atoms with Gasteiger partial charge in [-0.2, -0.15) is 0 Å². The third-order valence-corrected chi connectivity index (χ3v) is 5.91. The van der Waals surface area contributed by atoms with Gasteiger partial charge in [0.05, 0.1) is 19.2 Å². The first-order chi connectivity index (χ1) is 10.3. The summed E-state index contributed by atoms with van der Waals surface area (Å²) < 4.78 is 6.97. The van der Waals surface area contributed by atoms with E-state index in [4.69, 9.17) is 16.3 Å². The second kappa shape index (κ2) is 4.95. The molecule has 0 N–H and O–H groups in total. The van der Waals surface area contributed by atoms with Crippen LogP contribution in [-0.2, 0) is 14.9 Å². The Morgan fingerprint density at radius 1 is 1.41 bits per heavy atom. The van der Waals surface area contributed by atoms with Gasteiger partial charge in [-0.05, 0) is 18.3 Å². The van der Waals surface area contributed by atoms with Crippen LogP contribution in [0.5, 0.6) is 0 Å². The van der Waals surface area contributed by atoms with Crippen LogP contribution in [0.2, 0.25) is 5.15 Å². The number of rotatable bonds is 2. The molecule has 0 saturated heterocycles. The third kappa shape index (κ3) is 1.88. The van der Waals surface area contributed by atoms with E-state index in [-0.39, 0.29) is 22.7 Å². The first-order valence-electron chi connectivity index (χ1n) is 7.39. The molecule has 1 saturated carbocycles. The van der Waals surface area contributed by atoms with Crippen LogP contribution in [0.4, 0.5) is 0 Å². The summed E-state index contributed by atoms with van der Waals surface area (Å²) >= 11 is 6.15. The minimum atomic E-state index is -0.267. The molecule has 3 rings (SSSR count). The van der Waals surface area contributed by atoms with E-state index in [0.29, 0.717) is 5.15 Å². The van der Waals surface area contributed by atoms with Gasteiger partial charge >= 0.3 is 5.97 Å². The van der Waals surface area contributed by atoms with E-state index in [9.17, 15) is 4.79 Å². The highest BCUT2D eigenvalue weighted by Crippen LogP contribution is 2.57. The minimum absolute atomic E-state index is 0.132. The molecule has 22 heavy (non-hydrogen) atoms. The summed E-state index contributed by atoms with van der Waals surface area (Å²) in [5, 5.41) is 0.435. The zero-order valence-corrected chi connectivity index (χ0v) is 14.0. The van der Waals surface area contributed by atoms with Crippen molar-refractivity contribution in [3.05, 3.63) is 29.6 Å². The average Bonchev–Trinajstić information content (AvgIpc) is 3.00. The number of hydrogen-bond donors (Lipinski definition) is 0. The van der Waals surface area contributed by atoms with Gasteiger partial charge in [-0.3, -0.25) is 9.20 Å². The molecule has 2 aromatic rings. The van der Waals surface area contributed by atoms with E-state index >= 15 is 0 Å². The molecule has 2 heterocycles. The van der Waals surface area contributed by atoms with Crippen LogP contribution in [0.3, 0.4) is 0 Å². The summed E-state index contributed by atoms with van der Waals surface area (Å²) in [5.74, 6) is 0.643. The molecule has 0 aromatic carbocycles. The molecule has 118 valence electrons. The second-order valence-electron chi connectivity index (χ2n) is 6.72. The quantitative estimate of drug-likeness (QED) is 0.797. The predicted octanol–water partition coefficient (Wildman–Crippen LogP) is 3.25. The summed E-state index contributed by atoms with van der Waals surface area (Å²) in [7, 11) is 1.45. The van der Waals surface area contributed by atoms with Gasteiger partial charge in [0, 0.05) is 17.8 Å². The van der Waals surface area contributed by atoms with E-state index in [1.807, 2.05) is 10.6 Å². The summed E-state index contributed by atoms with van der Waals surface area (Å²) in [6, 6.07) is 0. The molecule has 0 bridgehead atoms. The Hall–Kier alpha value is -1.62. The number of fused-ring (bicyclic) bond motifs is 1. The standard InChI is InChI=1S/C16H20ClN3O2/c1-15(2)10(13(21)22-4)5-6-16(15,3)14-19-9-11-12(17)18-7-8-20(11)14/h7-10H,5-6H2,1-4H3/t10-,16+/m0/s1. The van der Waals surface area contributed by atoms with E-state index in [1.54, 1.807) is 12.4 Å². The van der Waals surface area contributed by atoms with Gasteiger partial charge in [0.25, 0.3) is 0 Å². The molecule has 0 aliphatic heterocycles. The van der Waals surface area contributed by atoms with Crippen LogP contribution in [0, 0.1) is 11.3 Å². The van der Waals surface area contributed by atoms with Crippen molar-refractivity contribution in [3.8, 4) is 0 Å². The van der Waals surface area contributed by atoms with Gasteiger partial charge in [-0.15, -0.1) is 0 Å². The van der Waals surface area contributed by atoms with Crippen LogP contribution in [-0.4, -0.2) is 27.4 Å². The molecule has 5 nitrogen and oxygen atoms in total. The minimum Gasteiger partial charge on any atom is -0.469 e. The lowest BCUT2D eigenvalue weighted by Crippen LogP contribution is -2.42. The number of hydrogen-bond acceptors (Lipinski definition) is 4. The first-order valence-corrected chi connectivity index (χ1v) is 7.76. The number of methoxy groups -OCH3 is 1. The van der Waals surface area contributed by atoms with E-state index in [0.717, 1.165) is 24.2 Å². The summed E-state index contributed by atoms with van der Waals surface area (Å²) in [5.41, 5.74) is 0.276. The molecular formula is C16H20ClN3O2. The smallest absolute Gasteiger partial charge is 0.309 e. The molecule has 0 radical (unpaired) electrons. The van der Waals surface area contributed by atoms with Crippen molar-refractivity contribution in [1.29, 1.82) is 0 Å². The lowest BCUT2D eigenvalue weighted by atomic mass is 9.65. The molecule has 2 atom stereocenters. The number of halogens is 1. The molecule has 0 unspecified atom stereocenters. The average molecular weight is 322 g/mol. The summed E-state index contributed by atoms with van der Waals surface area (Å²) in [6.07, 6.45) is 6.96. The molecule has 1 aliphatic rings. The van der Waals surface area contributed by atoms with Crippen molar-refractivity contribution in [2.45, 2.75) is 39.0 Å². The largest absolute Gasteiger partial charge is 0.469 e. The van der Waals surface area contributed by atoms with Crippen LogP contribution >= 0.6 is 11.6 Å². The first kappa shape index (κ1) is 15.3. The monoisotopic (exact) mass is 321 g/mol. The van der Waals surface area contributed by atoms with Gasteiger partial charge < -0.3 is 4.74 Å². The highest BCUT2D eigenvalue weighted by Gasteiger charge is 2.57. The highest BCUT2D eigenvalue weighted by molar-refractivity contribution is 6.32. The maximum absolute atomic E-state index is 12.1. The second-order valence-corrected chi connectivity index (χ2v) is 7.08. The number of carbonyl (C=O) groups is 1. The Labute approximate surface area is 134 Å². The van der Waals surface area contributed by atoms with Crippen LogP contribution in [0.25, 0.3) is 5.52 Å². The zero-order chi connectivity index (χ0) is 16.1. The summed E-state index contributed by atoms with van der Waals surface area (Å²) in [4.78, 5) is 20.8. The Morgan fingerprint density at radius 3 is 2.82 bits per heavy atom. The van der Waals surface area contributed by atoms with E-state index in [2.05, 4.69) is 30.7 Å². The van der Waals surface area contributed by atoms with Crippen molar-refractivity contribution >= 4 is 23.1 Å². The highest BCUT2D eigenvalue weighted by atomic mass is 35.5. The number of esters is 1. The Balaban J connectivity index is 2.13. The molecule has 0 amide bonds. The van der Waals surface area contributed by atoms with E-state index < -0.39 is 0 Å². The SMILES string of the molecule is COC(=O)[C@@H]1CC[C@](C)(c2ncc3c(Cl)nccn23)C1(C)C. The topological polar surface area (TPSA) is 56.5 Å². The van der Waals surface area contributed by atoms with Crippen molar-refractivity contribution < 1.29 is 9.53 Å². The lowest BCUT2D eigenvalue weighted by molar-refractivity contribution is -0.149. The van der Waals surface area contributed by atoms with Gasteiger partial charge in [0.2, 0.25) is 0 Å². The molecule has 2 aromatic heterocycles. The van der Waals surface area contributed by atoms with Crippen molar-refractivity contribution in [1.82, 2.24) is 14.4 Å². The van der Waals surface area contributed by atoms with Crippen LogP contribution < -0.4 is 0 Å². The maximum atomic E-state index is 12.1. The Bertz CT molecular complexity index is 740. The van der Waals surface area contributed by atoms with Crippen LogP contribution in [0.1, 0.15) is 39.4 Å². The number of imidazole rings is 1. The van der Waals surface area contributed by atoms with Crippen LogP contribution in [0.15, 0.2) is 18.6 Å². The van der Waals surface area contributed by atoms with Gasteiger partial charge in [-0.25, -0.2) is 9.97 Å². The molecule has 0 spiro atoms. The lowest BCUT2D eigenvalue weighted by Gasteiger charge is -2.39. The number of aromatic nitrogens is 3. The third-order valence-electron chi connectivity index (χ3n) is 5.62. The maximum Gasteiger partial charge on any atom is 0.309 e. The Morgan fingerprint density at radius 2 is 2.14 bits per heavy atom. The zero-order valence-electron chi connectivity index (χ0n) is 13.3. The molecule has 1 aliphatic carbocycles. The number of nitrogens with zero attached hydrogens (tertiary/aromatic N) is 3. The van der Waals surface area contributed by atoms with Gasteiger partial charge in [0.15, 0.2) is 5.15 Å². The normalized spacial score (nSPS) is 27.2. The number of carbonyl (C=O) groups excluding carboxylic acids is 1. The van der Waals surface area contributed by atoms with Crippen molar-refractivity contribution in [2.75, 3.05) is 7.11 Å². The van der Waals surface area contributed by atoms with E-state index in [1.165, 1.54) is 7.11 Å². The fourth-order valence-electron chi connectivity index (χ4n) is 3.76. The molecule has 1 fully saturated rings. The fourth-order valence-corrected chi connectivity index (χ4v) is 3.96. The van der Waals surface area contributed by atoms with Gasteiger partial charge in [-0.1, -0.05) is 32.4 Å². The van der Waals surface area contributed by atoms with Crippen molar-refractivity contribution in [3.63, 3.8) is 0 Å². The Kier molecular flexibility index (Phi) is 3.44. The predicted molar refractivity (Wildman–Crippen MR) is 83.9 cm³/mol. The number of ether oxygens (including phenoxy) is 1.